The summed E-state index contributed by atoms with van der Waals surface area (Å²) in [6.45, 7) is -0.250. The van der Waals surface area contributed by atoms with Crippen LogP contribution in [-0.2, 0) is 4.79 Å². The van der Waals surface area contributed by atoms with Gasteiger partial charge in [-0.25, -0.2) is 0 Å². The molecule has 6 heteroatoms. The highest BCUT2D eigenvalue weighted by atomic mass is 16.3. The predicted octanol–water partition coefficient (Wildman–Crippen LogP) is -0.845. The van der Waals surface area contributed by atoms with Gasteiger partial charge in [0.1, 0.15) is 5.82 Å². The van der Waals surface area contributed by atoms with Crippen LogP contribution in [0, 0.1) is 0 Å². The number of rotatable bonds is 0. The van der Waals surface area contributed by atoms with Crippen LogP contribution in [0.1, 0.15) is 0 Å². The number of aromatic nitrogens is 3. The lowest BCUT2D eigenvalue weighted by Gasteiger charge is -1.80. The SMILES string of the molecule is Nc1ccnnn1.O=CO. The molecule has 0 unspecified atom stereocenters. The van der Waals surface area contributed by atoms with Crippen molar-refractivity contribution in [3.8, 4) is 0 Å². The van der Waals surface area contributed by atoms with Crippen molar-refractivity contribution in [3.05, 3.63) is 12.3 Å². The van der Waals surface area contributed by atoms with E-state index in [0.29, 0.717) is 5.82 Å². The molecule has 0 saturated carbocycles. The molecular weight excluding hydrogens is 136 g/mol. The molecule has 1 heterocycles. The van der Waals surface area contributed by atoms with Crippen LogP contribution in [0.2, 0.25) is 0 Å². The summed E-state index contributed by atoms with van der Waals surface area (Å²) in [5.74, 6) is 0.398. The first kappa shape index (κ1) is 8.28. The van der Waals surface area contributed by atoms with Crippen molar-refractivity contribution >= 4 is 12.3 Å². The Kier molecular flexibility index (Phi) is 4.49. The van der Waals surface area contributed by atoms with Gasteiger partial charge < -0.3 is 10.8 Å². The first-order chi connectivity index (χ1) is 4.81. The molecule has 0 aliphatic heterocycles. The van der Waals surface area contributed by atoms with Gasteiger partial charge in [0, 0.05) is 6.07 Å². The molecule has 0 aromatic carbocycles. The molecule has 3 N–H and O–H groups in total. The Morgan fingerprint density at radius 2 is 2.30 bits per heavy atom. The van der Waals surface area contributed by atoms with E-state index in [1.54, 1.807) is 6.07 Å². The van der Waals surface area contributed by atoms with Crippen LogP contribution in [0.4, 0.5) is 5.82 Å². The highest BCUT2D eigenvalue weighted by Crippen LogP contribution is 1.83. The molecule has 0 aliphatic carbocycles. The molecule has 0 aliphatic rings. The van der Waals surface area contributed by atoms with Gasteiger partial charge in [-0.05, 0) is 5.21 Å². The van der Waals surface area contributed by atoms with E-state index in [1.807, 2.05) is 0 Å². The largest absolute Gasteiger partial charge is 0.483 e. The van der Waals surface area contributed by atoms with Crippen molar-refractivity contribution in [2.75, 3.05) is 5.73 Å². The van der Waals surface area contributed by atoms with E-state index in [0.717, 1.165) is 0 Å². The predicted molar refractivity (Wildman–Crippen MR) is 32.9 cm³/mol. The summed E-state index contributed by atoms with van der Waals surface area (Å²) in [6, 6.07) is 1.58. The fraction of sp³-hybridized carbons (Fsp3) is 0. The van der Waals surface area contributed by atoms with Crippen LogP contribution in [-0.4, -0.2) is 27.0 Å². The topological polar surface area (TPSA) is 102 Å². The van der Waals surface area contributed by atoms with Crippen molar-refractivity contribution in [2.24, 2.45) is 0 Å². The van der Waals surface area contributed by atoms with E-state index >= 15 is 0 Å². The standard InChI is InChI=1S/C3H4N4.CH2O2/c4-3-1-2-5-7-6-3;2-1-3/h1-2H,(H2,4,5,6);1H,(H,2,3). The molecule has 0 spiro atoms. The summed E-state index contributed by atoms with van der Waals surface area (Å²) in [5, 5.41) is 16.9. The van der Waals surface area contributed by atoms with Gasteiger partial charge in [-0.2, -0.15) is 0 Å². The number of hydrogen-bond donors (Lipinski definition) is 2. The maximum Gasteiger partial charge on any atom is 0.290 e. The summed E-state index contributed by atoms with van der Waals surface area (Å²) < 4.78 is 0. The van der Waals surface area contributed by atoms with Gasteiger partial charge in [-0.1, -0.05) is 0 Å². The molecule has 54 valence electrons. The maximum atomic E-state index is 8.36. The Morgan fingerprint density at radius 3 is 2.50 bits per heavy atom. The zero-order valence-electron chi connectivity index (χ0n) is 5.01. The summed E-state index contributed by atoms with van der Waals surface area (Å²) in [7, 11) is 0. The first-order valence-electron chi connectivity index (χ1n) is 2.29. The van der Waals surface area contributed by atoms with Crippen LogP contribution >= 0.6 is 0 Å². The normalized spacial score (nSPS) is 7.20. The second-order valence-electron chi connectivity index (χ2n) is 1.15. The van der Waals surface area contributed by atoms with Crippen LogP contribution in [0.15, 0.2) is 12.3 Å². The van der Waals surface area contributed by atoms with Crippen molar-refractivity contribution < 1.29 is 9.90 Å². The van der Waals surface area contributed by atoms with Crippen LogP contribution in [0.5, 0.6) is 0 Å². The Balaban J connectivity index is 0.000000236. The smallest absolute Gasteiger partial charge is 0.290 e. The molecule has 6 nitrogen and oxygen atoms in total. The quantitative estimate of drug-likeness (QED) is 0.457. The molecular formula is C4H6N4O2. The molecule has 0 bridgehead atoms. The van der Waals surface area contributed by atoms with Crippen molar-refractivity contribution in [1.82, 2.24) is 15.4 Å². The zero-order chi connectivity index (χ0) is 7.82. The minimum atomic E-state index is -0.250. The fourth-order valence-electron chi connectivity index (χ4n) is 0.250. The highest BCUT2D eigenvalue weighted by Gasteiger charge is 1.76. The summed E-state index contributed by atoms with van der Waals surface area (Å²) in [4.78, 5) is 8.36. The minimum Gasteiger partial charge on any atom is -0.483 e. The number of nitrogens with zero attached hydrogens (tertiary/aromatic N) is 3. The highest BCUT2D eigenvalue weighted by molar-refractivity contribution is 5.32. The van der Waals surface area contributed by atoms with Gasteiger partial charge in [-0.3, -0.25) is 4.79 Å². The van der Waals surface area contributed by atoms with E-state index in [4.69, 9.17) is 15.6 Å². The van der Waals surface area contributed by atoms with Gasteiger partial charge in [0.25, 0.3) is 6.47 Å². The van der Waals surface area contributed by atoms with E-state index in [1.165, 1.54) is 6.20 Å². The number of carboxylic acid groups (broad SMARTS) is 1. The molecule has 1 rings (SSSR count). The van der Waals surface area contributed by atoms with Crippen LogP contribution in [0.3, 0.4) is 0 Å². The second-order valence-corrected chi connectivity index (χ2v) is 1.15. The van der Waals surface area contributed by atoms with Crippen LogP contribution in [0.25, 0.3) is 0 Å². The van der Waals surface area contributed by atoms with Gasteiger partial charge >= 0.3 is 0 Å². The van der Waals surface area contributed by atoms with Gasteiger partial charge in [0.15, 0.2) is 0 Å². The van der Waals surface area contributed by atoms with Crippen molar-refractivity contribution in [2.45, 2.75) is 0 Å². The second kappa shape index (κ2) is 5.42. The molecule has 0 atom stereocenters. The Labute approximate surface area is 56.7 Å². The molecule has 0 saturated heterocycles. The Morgan fingerprint density at radius 1 is 1.70 bits per heavy atom. The lowest BCUT2D eigenvalue weighted by molar-refractivity contribution is -0.122. The summed E-state index contributed by atoms with van der Waals surface area (Å²) >= 11 is 0. The monoisotopic (exact) mass is 142 g/mol. The van der Waals surface area contributed by atoms with E-state index in [9.17, 15) is 0 Å². The molecule has 0 amide bonds. The van der Waals surface area contributed by atoms with Crippen LogP contribution < -0.4 is 5.73 Å². The average Bonchev–Trinajstić information content (AvgIpc) is 1.91. The van der Waals surface area contributed by atoms with E-state index < -0.39 is 0 Å². The number of anilines is 1. The third-order valence-corrected chi connectivity index (χ3v) is 0.524. The Bertz CT molecular complexity index is 178. The average molecular weight is 142 g/mol. The third kappa shape index (κ3) is 4.44. The maximum absolute atomic E-state index is 8.36. The van der Waals surface area contributed by atoms with E-state index in [2.05, 4.69) is 15.4 Å². The summed E-state index contributed by atoms with van der Waals surface area (Å²) in [5.41, 5.74) is 5.14. The molecule has 0 radical (unpaired) electrons. The molecule has 1 aromatic rings. The lowest BCUT2D eigenvalue weighted by Crippen LogP contribution is -1.91. The number of nitrogen functional groups attached to an aromatic ring is 1. The number of carbonyl (C=O) groups is 1. The summed E-state index contributed by atoms with van der Waals surface area (Å²) in [6.07, 6.45) is 1.49. The van der Waals surface area contributed by atoms with Gasteiger partial charge in [0.05, 0.1) is 6.20 Å². The van der Waals surface area contributed by atoms with Gasteiger partial charge in [0.2, 0.25) is 0 Å². The zero-order valence-corrected chi connectivity index (χ0v) is 5.01. The lowest BCUT2D eigenvalue weighted by atomic mass is 10.6. The number of nitrogens with two attached hydrogens (primary N) is 1. The molecule has 0 fully saturated rings. The fourth-order valence-corrected chi connectivity index (χ4v) is 0.250. The van der Waals surface area contributed by atoms with Gasteiger partial charge in [-0.15, -0.1) is 10.2 Å². The molecule has 1 aromatic heterocycles. The number of hydrogen-bond acceptors (Lipinski definition) is 5. The van der Waals surface area contributed by atoms with E-state index in [-0.39, 0.29) is 6.47 Å². The first-order valence-corrected chi connectivity index (χ1v) is 2.29. The Hall–Kier alpha value is -1.72. The molecule has 10 heavy (non-hydrogen) atoms. The minimum absolute atomic E-state index is 0.250. The van der Waals surface area contributed by atoms with Crippen molar-refractivity contribution in [3.63, 3.8) is 0 Å². The van der Waals surface area contributed by atoms with Crippen molar-refractivity contribution in [1.29, 1.82) is 0 Å². The third-order valence-electron chi connectivity index (χ3n) is 0.524.